The zero-order valence-corrected chi connectivity index (χ0v) is 22.4. The highest BCUT2D eigenvalue weighted by molar-refractivity contribution is 5.97. The average Bonchev–Trinajstić information content (AvgIpc) is 3.37. The van der Waals surface area contributed by atoms with Crippen LogP contribution in [0.15, 0.2) is 30.5 Å². The summed E-state index contributed by atoms with van der Waals surface area (Å²) >= 11 is 0. The van der Waals surface area contributed by atoms with Crippen LogP contribution in [0.5, 0.6) is 17.4 Å². The molecule has 0 saturated carbocycles. The molecule has 0 saturated heterocycles. The van der Waals surface area contributed by atoms with Gasteiger partial charge < -0.3 is 29.1 Å². The van der Waals surface area contributed by atoms with Gasteiger partial charge in [0.05, 0.1) is 25.7 Å². The number of nitrogens with zero attached hydrogens (tertiary/aromatic N) is 4. The summed E-state index contributed by atoms with van der Waals surface area (Å²) in [4.78, 5) is 36.4. The number of aromatic nitrogens is 1. The Morgan fingerprint density at radius 3 is 2.74 bits per heavy atom. The maximum absolute atomic E-state index is 13.5. The maximum atomic E-state index is 13.5. The molecule has 2 aliphatic heterocycles. The summed E-state index contributed by atoms with van der Waals surface area (Å²) in [5.74, 6) is 6.79. The molecule has 1 N–H and O–H groups in total. The number of carbonyl (C=O) groups excluding carboxylic acids is 2. The Balaban J connectivity index is 1.60. The number of aliphatic hydroxyl groups is 1. The monoisotopic (exact) mass is 522 g/mol. The van der Waals surface area contributed by atoms with E-state index in [1.807, 2.05) is 25.9 Å². The van der Waals surface area contributed by atoms with Crippen molar-refractivity contribution in [1.29, 1.82) is 0 Å². The van der Waals surface area contributed by atoms with Crippen LogP contribution in [0.4, 0.5) is 0 Å². The number of rotatable bonds is 6. The van der Waals surface area contributed by atoms with Crippen molar-refractivity contribution in [3.8, 4) is 29.2 Å². The Morgan fingerprint density at radius 2 is 2.00 bits per heavy atom. The van der Waals surface area contributed by atoms with Gasteiger partial charge in [0.25, 0.3) is 11.8 Å². The summed E-state index contributed by atoms with van der Waals surface area (Å²) in [6, 6.07) is 6.36. The molecule has 0 unspecified atom stereocenters. The summed E-state index contributed by atoms with van der Waals surface area (Å²) in [5.41, 5.74) is 1.35. The zero-order chi connectivity index (χ0) is 27.4. The number of likely N-dealkylation sites (N-methyl/N-ethyl adjacent to an activating group) is 1. The van der Waals surface area contributed by atoms with Crippen molar-refractivity contribution in [2.45, 2.75) is 26.0 Å². The van der Waals surface area contributed by atoms with E-state index in [0.29, 0.717) is 35.7 Å². The molecule has 3 heterocycles. The number of benzene rings is 1. The number of hydrogen-bond acceptors (Lipinski definition) is 8. The Hall–Kier alpha value is -3.81. The van der Waals surface area contributed by atoms with E-state index in [0.717, 1.165) is 0 Å². The highest BCUT2D eigenvalue weighted by Gasteiger charge is 2.35. The molecule has 2 aromatic rings. The van der Waals surface area contributed by atoms with Gasteiger partial charge in [0.1, 0.15) is 11.7 Å². The minimum atomic E-state index is -0.462. The van der Waals surface area contributed by atoms with Crippen LogP contribution in [0.1, 0.15) is 40.1 Å². The molecule has 2 aliphatic rings. The molecule has 0 radical (unpaired) electrons. The van der Waals surface area contributed by atoms with Crippen molar-refractivity contribution in [2.24, 2.45) is 5.92 Å². The van der Waals surface area contributed by atoms with E-state index in [9.17, 15) is 14.7 Å². The van der Waals surface area contributed by atoms with Crippen LogP contribution in [0.25, 0.3) is 0 Å². The van der Waals surface area contributed by atoms with Crippen LogP contribution in [-0.2, 0) is 0 Å². The predicted octanol–water partition coefficient (Wildman–Crippen LogP) is 1.72. The predicted molar refractivity (Wildman–Crippen MR) is 140 cm³/mol. The van der Waals surface area contributed by atoms with Crippen LogP contribution in [-0.4, -0.2) is 103 Å². The highest BCUT2D eigenvalue weighted by Crippen LogP contribution is 2.33. The van der Waals surface area contributed by atoms with Gasteiger partial charge >= 0.3 is 0 Å². The van der Waals surface area contributed by atoms with E-state index >= 15 is 0 Å². The topological polar surface area (TPSA) is 105 Å². The largest absolute Gasteiger partial charge is 0.472 e. The van der Waals surface area contributed by atoms with Crippen molar-refractivity contribution >= 4 is 11.8 Å². The number of pyridine rings is 1. The van der Waals surface area contributed by atoms with Crippen LogP contribution in [0.2, 0.25) is 0 Å². The molecule has 0 spiro atoms. The first-order valence-electron chi connectivity index (χ1n) is 12.5. The van der Waals surface area contributed by atoms with Crippen molar-refractivity contribution in [3.05, 3.63) is 47.2 Å². The zero-order valence-electron chi connectivity index (χ0n) is 22.4. The van der Waals surface area contributed by atoms with Crippen molar-refractivity contribution < 1.29 is 28.9 Å². The molecule has 0 bridgehead atoms. The first-order chi connectivity index (χ1) is 18.2. The number of fused-ring (bicyclic) bond motifs is 2. The number of carbonyl (C=O) groups is 2. The average molecular weight is 523 g/mol. The second-order valence-electron chi connectivity index (χ2n) is 9.99. The van der Waals surface area contributed by atoms with E-state index in [4.69, 9.17) is 14.2 Å². The lowest BCUT2D eigenvalue weighted by molar-refractivity contribution is 0.0313. The van der Waals surface area contributed by atoms with Gasteiger partial charge in [0.15, 0.2) is 11.5 Å². The molecule has 10 heteroatoms. The van der Waals surface area contributed by atoms with Crippen LogP contribution in [0.3, 0.4) is 0 Å². The van der Waals surface area contributed by atoms with E-state index < -0.39 is 12.1 Å². The van der Waals surface area contributed by atoms with Crippen molar-refractivity contribution in [2.75, 3.05) is 54.2 Å². The summed E-state index contributed by atoms with van der Waals surface area (Å²) in [6.07, 6.45) is 1.12. The van der Waals surface area contributed by atoms with Crippen molar-refractivity contribution in [3.63, 3.8) is 0 Å². The van der Waals surface area contributed by atoms with E-state index in [2.05, 4.69) is 16.8 Å². The minimum Gasteiger partial charge on any atom is -0.472 e. The van der Waals surface area contributed by atoms with Crippen LogP contribution >= 0.6 is 0 Å². The van der Waals surface area contributed by atoms with Gasteiger partial charge in [0, 0.05) is 36.8 Å². The lowest BCUT2D eigenvalue weighted by Crippen LogP contribution is -2.50. The maximum Gasteiger partial charge on any atom is 0.259 e. The number of amides is 2. The van der Waals surface area contributed by atoms with E-state index in [1.165, 1.54) is 0 Å². The van der Waals surface area contributed by atoms with E-state index in [1.54, 1.807) is 54.2 Å². The van der Waals surface area contributed by atoms with Crippen LogP contribution in [0, 0.1) is 17.8 Å². The molecule has 202 valence electrons. The molecule has 2 amide bonds. The molecule has 4 rings (SSSR count). The smallest absolute Gasteiger partial charge is 0.259 e. The number of ether oxygens (including phenoxy) is 3. The fourth-order valence-corrected chi connectivity index (χ4v) is 4.29. The van der Waals surface area contributed by atoms with Gasteiger partial charge in [-0.3, -0.25) is 14.5 Å². The lowest BCUT2D eigenvalue weighted by atomic mass is 9.99. The summed E-state index contributed by atoms with van der Waals surface area (Å²) in [7, 11) is 5.56. The van der Waals surface area contributed by atoms with Gasteiger partial charge in [-0.05, 0) is 45.3 Å². The second kappa shape index (κ2) is 11.7. The van der Waals surface area contributed by atoms with Gasteiger partial charge in [-0.25, -0.2) is 4.98 Å². The molecule has 1 aromatic carbocycles. The fraction of sp³-hybridized carbons (Fsp3) is 0.464. The first kappa shape index (κ1) is 27.2. The number of hydrogen-bond donors (Lipinski definition) is 1. The molecule has 38 heavy (non-hydrogen) atoms. The summed E-state index contributed by atoms with van der Waals surface area (Å²) in [6.45, 7) is 4.87. The fourth-order valence-electron chi connectivity index (χ4n) is 4.29. The minimum absolute atomic E-state index is 0.132. The molecular weight excluding hydrogens is 488 g/mol. The third kappa shape index (κ3) is 6.01. The van der Waals surface area contributed by atoms with E-state index in [-0.39, 0.29) is 49.1 Å². The quantitative estimate of drug-likeness (QED) is 0.572. The van der Waals surface area contributed by atoms with Crippen molar-refractivity contribution in [1.82, 2.24) is 19.7 Å². The Kier molecular flexibility index (Phi) is 8.39. The Morgan fingerprint density at radius 1 is 1.24 bits per heavy atom. The molecule has 3 atom stereocenters. The Bertz CT molecular complexity index is 1250. The first-order valence-corrected chi connectivity index (χ1v) is 12.5. The van der Waals surface area contributed by atoms with Crippen LogP contribution < -0.4 is 14.2 Å². The van der Waals surface area contributed by atoms with Gasteiger partial charge in [-0.2, -0.15) is 0 Å². The Labute approximate surface area is 223 Å². The molecule has 0 aliphatic carbocycles. The number of aliphatic hydroxyl groups excluding tert-OH is 1. The third-order valence-corrected chi connectivity index (χ3v) is 6.57. The third-order valence-electron chi connectivity index (χ3n) is 6.57. The normalized spacial score (nSPS) is 19.0. The standard InChI is InChI=1S/C28H34N4O6/c1-18-14-32(19(2)16-33)28(35)22-11-20(7-6-10-30(3)4)13-29-26(22)38-25(18)15-31(5)27(34)21-8-9-23-24(12-21)37-17-36-23/h8-9,11-13,18-19,25,33H,10,14-17H2,1-5H3/t18-,19+,25+/m1/s1. The summed E-state index contributed by atoms with van der Waals surface area (Å²) < 4.78 is 17.0. The SMILES string of the molecule is C[C@@H]1CN([C@@H](C)CO)C(=O)c2cc(C#CCN(C)C)cnc2O[C@H]1CN(C)C(=O)c1ccc2c(c1)OCO2. The van der Waals surface area contributed by atoms with Gasteiger partial charge in [0.2, 0.25) is 12.7 Å². The lowest BCUT2D eigenvalue weighted by Gasteiger charge is -2.37. The molecule has 1 aromatic heterocycles. The van der Waals surface area contributed by atoms with Gasteiger partial charge in [-0.15, -0.1) is 0 Å². The molecule has 10 nitrogen and oxygen atoms in total. The molecule has 0 fully saturated rings. The summed E-state index contributed by atoms with van der Waals surface area (Å²) in [5, 5.41) is 9.86. The van der Waals surface area contributed by atoms with Gasteiger partial charge in [-0.1, -0.05) is 18.8 Å². The highest BCUT2D eigenvalue weighted by atomic mass is 16.7. The molecular formula is C28H34N4O6. The second-order valence-corrected chi connectivity index (χ2v) is 9.99.